The van der Waals surface area contributed by atoms with Gasteiger partial charge in [0.2, 0.25) is 0 Å². The van der Waals surface area contributed by atoms with Crippen molar-refractivity contribution in [1.29, 1.82) is 0 Å². The lowest BCUT2D eigenvalue weighted by Crippen LogP contribution is -2.41. The second kappa shape index (κ2) is 7.59. The Morgan fingerprint density at radius 1 is 1.10 bits per heavy atom. The summed E-state index contributed by atoms with van der Waals surface area (Å²) in [5, 5.41) is 0. The summed E-state index contributed by atoms with van der Waals surface area (Å²) < 4.78 is 10.8. The van der Waals surface area contributed by atoms with E-state index in [4.69, 9.17) is 9.47 Å². The van der Waals surface area contributed by atoms with Gasteiger partial charge in [0.05, 0.1) is 6.61 Å². The number of ether oxygens (including phenoxy) is 2. The third-order valence-electron chi connectivity index (χ3n) is 4.48. The molecule has 4 nitrogen and oxygen atoms in total. The number of nitrogens with zero attached hydrogens (tertiary/aromatic N) is 1. The maximum absolute atomic E-state index is 11.6. The molecular weight excluding hydrogens is 266 g/mol. The number of piperidine rings is 1. The monoisotopic (exact) mass is 297 g/mol. The standard InChI is InChI=1S/C17H31NO3/c1-17(2,3)21-16(19)13-20-12-14-8-10-18(11-9-14)15-6-4-5-7-15/h14-15H,4-13H2,1-3H3. The minimum Gasteiger partial charge on any atom is -0.458 e. The van der Waals surface area contributed by atoms with E-state index < -0.39 is 5.60 Å². The highest BCUT2D eigenvalue weighted by Gasteiger charge is 2.27. The summed E-state index contributed by atoms with van der Waals surface area (Å²) in [5.41, 5.74) is -0.424. The van der Waals surface area contributed by atoms with Crippen LogP contribution in [0.5, 0.6) is 0 Å². The van der Waals surface area contributed by atoms with Gasteiger partial charge in [-0.15, -0.1) is 0 Å². The number of hydrogen-bond donors (Lipinski definition) is 0. The molecule has 21 heavy (non-hydrogen) atoms. The van der Waals surface area contributed by atoms with Gasteiger partial charge in [-0.05, 0) is 65.5 Å². The smallest absolute Gasteiger partial charge is 0.332 e. The van der Waals surface area contributed by atoms with E-state index in [0.29, 0.717) is 12.5 Å². The van der Waals surface area contributed by atoms with Gasteiger partial charge in [-0.1, -0.05) is 12.8 Å². The zero-order valence-electron chi connectivity index (χ0n) is 13.9. The summed E-state index contributed by atoms with van der Waals surface area (Å²) in [6.07, 6.45) is 7.99. The molecule has 0 spiro atoms. The highest BCUT2D eigenvalue weighted by molar-refractivity contribution is 5.71. The van der Waals surface area contributed by atoms with Gasteiger partial charge in [0, 0.05) is 6.04 Å². The predicted octanol–water partition coefficient (Wildman–Crippen LogP) is 3.00. The first-order chi connectivity index (χ1) is 9.94. The van der Waals surface area contributed by atoms with E-state index in [0.717, 1.165) is 6.04 Å². The Bertz CT molecular complexity index is 323. The molecule has 0 aromatic rings. The summed E-state index contributed by atoms with van der Waals surface area (Å²) in [6, 6.07) is 0.841. The van der Waals surface area contributed by atoms with Crippen LogP contribution in [0, 0.1) is 5.92 Å². The summed E-state index contributed by atoms with van der Waals surface area (Å²) in [6.45, 7) is 8.81. The summed E-state index contributed by atoms with van der Waals surface area (Å²) in [5.74, 6) is 0.344. The van der Waals surface area contributed by atoms with Crippen molar-refractivity contribution in [3.63, 3.8) is 0 Å². The third kappa shape index (κ3) is 5.95. The molecule has 0 aromatic carbocycles. The van der Waals surface area contributed by atoms with Crippen LogP contribution in [0.15, 0.2) is 0 Å². The van der Waals surface area contributed by atoms with E-state index in [1.54, 1.807) is 0 Å². The molecule has 122 valence electrons. The fraction of sp³-hybridized carbons (Fsp3) is 0.941. The third-order valence-corrected chi connectivity index (χ3v) is 4.48. The SMILES string of the molecule is CC(C)(C)OC(=O)COCC1CCN(C2CCCC2)CC1. The first-order valence-electron chi connectivity index (χ1n) is 8.48. The van der Waals surface area contributed by atoms with Gasteiger partial charge in [0.15, 0.2) is 0 Å². The van der Waals surface area contributed by atoms with Crippen LogP contribution in [-0.4, -0.2) is 48.8 Å². The van der Waals surface area contributed by atoms with Gasteiger partial charge in [0.1, 0.15) is 12.2 Å². The molecule has 2 aliphatic rings. The van der Waals surface area contributed by atoms with Gasteiger partial charge in [-0.3, -0.25) is 0 Å². The van der Waals surface area contributed by atoms with Crippen LogP contribution in [0.4, 0.5) is 0 Å². The minimum atomic E-state index is -0.424. The molecule has 0 aromatic heterocycles. The van der Waals surface area contributed by atoms with Crippen molar-refractivity contribution in [2.24, 2.45) is 5.92 Å². The number of carbonyl (C=O) groups is 1. The van der Waals surface area contributed by atoms with Crippen LogP contribution in [0.3, 0.4) is 0 Å². The summed E-state index contributed by atoms with van der Waals surface area (Å²) >= 11 is 0. The van der Waals surface area contributed by atoms with Crippen molar-refractivity contribution in [3.05, 3.63) is 0 Å². The Balaban J connectivity index is 1.57. The summed E-state index contributed by atoms with van der Waals surface area (Å²) in [7, 11) is 0. The fourth-order valence-electron chi connectivity index (χ4n) is 3.43. The number of carbonyl (C=O) groups excluding carboxylic acids is 1. The quantitative estimate of drug-likeness (QED) is 0.731. The molecule has 1 heterocycles. The first-order valence-corrected chi connectivity index (χ1v) is 8.48. The second-order valence-corrected chi connectivity index (χ2v) is 7.52. The topological polar surface area (TPSA) is 38.8 Å². The largest absolute Gasteiger partial charge is 0.458 e. The van der Waals surface area contributed by atoms with Crippen LogP contribution < -0.4 is 0 Å². The van der Waals surface area contributed by atoms with Gasteiger partial charge >= 0.3 is 5.97 Å². The van der Waals surface area contributed by atoms with Crippen molar-refractivity contribution in [3.8, 4) is 0 Å². The molecule has 0 unspecified atom stereocenters. The molecule has 2 rings (SSSR count). The van der Waals surface area contributed by atoms with E-state index in [2.05, 4.69) is 4.90 Å². The molecule has 1 saturated carbocycles. The highest BCUT2D eigenvalue weighted by atomic mass is 16.6. The molecule has 1 aliphatic heterocycles. The number of esters is 1. The number of hydrogen-bond acceptors (Lipinski definition) is 4. The van der Waals surface area contributed by atoms with E-state index in [-0.39, 0.29) is 12.6 Å². The molecule has 0 bridgehead atoms. The van der Waals surface area contributed by atoms with E-state index >= 15 is 0 Å². The highest BCUT2D eigenvalue weighted by Crippen LogP contribution is 2.27. The maximum atomic E-state index is 11.6. The molecular formula is C17H31NO3. The Labute approximate surface area is 129 Å². The lowest BCUT2D eigenvalue weighted by Gasteiger charge is -2.35. The Hall–Kier alpha value is -0.610. The van der Waals surface area contributed by atoms with Crippen molar-refractivity contribution >= 4 is 5.97 Å². The molecule has 0 radical (unpaired) electrons. The van der Waals surface area contributed by atoms with Crippen molar-refractivity contribution < 1.29 is 14.3 Å². The lowest BCUT2D eigenvalue weighted by molar-refractivity contribution is -0.160. The molecule has 0 N–H and O–H groups in total. The Morgan fingerprint density at radius 3 is 2.29 bits per heavy atom. The van der Waals surface area contributed by atoms with Crippen LogP contribution in [0.2, 0.25) is 0 Å². The van der Waals surface area contributed by atoms with Crippen LogP contribution in [-0.2, 0) is 14.3 Å². The Morgan fingerprint density at radius 2 is 1.71 bits per heavy atom. The fourth-order valence-corrected chi connectivity index (χ4v) is 3.43. The zero-order chi connectivity index (χ0) is 15.3. The lowest BCUT2D eigenvalue weighted by atomic mass is 9.96. The van der Waals surface area contributed by atoms with Crippen molar-refractivity contribution in [2.75, 3.05) is 26.3 Å². The van der Waals surface area contributed by atoms with Gasteiger partial charge in [-0.2, -0.15) is 0 Å². The van der Waals surface area contributed by atoms with E-state index in [1.807, 2.05) is 20.8 Å². The Kier molecular flexibility index (Phi) is 6.06. The maximum Gasteiger partial charge on any atom is 0.332 e. The molecule has 2 fully saturated rings. The molecule has 4 heteroatoms. The van der Waals surface area contributed by atoms with Crippen molar-refractivity contribution in [1.82, 2.24) is 4.90 Å². The van der Waals surface area contributed by atoms with Crippen molar-refractivity contribution in [2.45, 2.75) is 70.9 Å². The molecule has 1 aliphatic carbocycles. The van der Waals surface area contributed by atoms with Crippen LogP contribution in [0.25, 0.3) is 0 Å². The van der Waals surface area contributed by atoms with Gasteiger partial charge in [-0.25, -0.2) is 4.79 Å². The number of rotatable bonds is 5. The van der Waals surface area contributed by atoms with Gasteiger partial charge < -0.3 is 14.4 Å². The molecule has 0 amide bonds. The van der Waals surface area contributed by atoms with Crippen LogP contribution in [0.1, 0.15) is 59.3 Å². The summed E-state index contributed by atoms with van der Waals surface area (Å²) in [4.78, 5) is 14.2. The average Bonchev–Trinajstić information content (AvgIpc) is 2.91. The average molecular weight is 297 g/mol. The van der Waals surface area contributed by atoms with Crippen LogP contribution >= 0.6 is 0 Å². The normalized spacial score (nSPS) is 22.6. The number of likely N-dealkylation sites (tertiary alicyclic amines) is 1. The zero-order valence-corrected chi connectivity index (χ0v) is 13.9. The first kappa shape index (κ1) is 16.8. The molecule has 0 atom stereocenters. The second-order valence-electron chi connectivity index (χ2n) is 7.52. The van der Waals surface area contributed by atoms with Gasteiger partial charge in [0.25, 0.3) is 0 Å². The van der Waals surface area contributed by atoms with E-state index in [1.165, 1.54) is 51.6 Å². The minimum absolute atomic E-state index is 0.0834. The molecule has 1 saturated heterocycles. The van der Waals surface area contributed by atoms with E-state index in [9.17, 15) is 4.79 Å². The predicted molar refractivity (Wildman–Crippen MR) is 83.2 cm³/mol.